The fourth-order valence-corrected chi connectivity index (χ4v) is 0.671. The van der Waals surface area contributed by atoms with Gasteiger partial charge in [-0.05, 0) is 12.5 Å². The lowest BCUT2D eigenvalue weighted by Gasteiger charge is -1.92. The Labute approximate surface area is 60.6 Å². The molecule has 0 unspecified atom stereocenters. The van der Waals surface area contributed by atoms with Crippen LogP contribution < -0.4 is 0 Å². The summed E-state index contributed by atoms with van der Waals surface area (Å²) in [6.45, 7) is 5.20. The summed E-state index contributed by atoms with van der Waals surface area (Å²) in [6.07, 6.45) is 6.76. The number of hydrogen-bond acceptors (Lipinski definition) is 2. The first-order valence-corrected chi connectivity index (χ1v) is 3.23. The molecule has 0 atom stereocenters. The van der Waals surface area contributed by atoms with Gasteiger partial charge in [-0.15, -0.1) is 0 Å². The zero-order valence-electron chi connectivity index (χ0n) is 5.70. The van der Waals surface area contributed by atoms with Crippen LogP contribution in [0.15, 0.2) is 24.5 Å². The highest BCUT2D eigenvalue weighted by Gasteiger charge is 1.89. The van der Waals surface area contributed by atoms with Crippen molar-refractivity contribution >= 4 is 0 Å². The summed E-state index contributed by atoms with van der Waals surface area (Å²) in [5.74, 6) is 0.851. The molecule has 0 fully saturated rings. The highest BCUT2D eigenvalue weighted by atomic mass is 14.8. The van der Waals surface area contributed by atoms with Crippen molar-refractivity contribution in [2.24, 2.45) is 0 Å². The normalized spacial score (nSPS) is 9.20. The molecule has 0 aliphatic rings. The molecule has 2 nitrogen and oxygen atoms in total. The summed E-state index contributed by atoms with van der Waals surface area (Å²) in [5.41, 5.74) is 0. The van der Waals surface area contributed by atoms with E-state index in [0.29, 0.717) is 0 Å². The Bertz CT molecular complexity index is 194. The van der Waals surface area contributed by atoms with E-state index in [1.807, 2.05) is 0 Å². The summed E-state index contributed by atoms with van der Waals surface area (Å²) in [7, 11) is 0. The van der Waals surface area contributed by atoms with Crippen LogP contribution in [0.4, 0.5) is 0 Å². The minimum absolute atomic E-state index is 0.831. The van der Waals surface area contributed by atoms with Crippen LogP contribution in [0.3, 0.4) is 0 Å². The zero-order chi connectivity index (χ0) is 7.23. The quantitative estimate of drug-likeness (QED) is 0.622. The predicted octanol–water partition coefficient (Wildman–Crippen LogP) is 1.40. The molecule has 0 saturated heterocycles. The molecule has 0 aliphatic heterocycles. The Morgan fingerprint density at radius 2 is 2.10 bits per heavy atom. The van der Waals surface area contributed by atoms with Crippen LogP contribution in [0, 0.1) is 6.58 Å². The molecule has 0 saturated carbocycles. The van der Waals surface area contributed by atoms with Gasteiger partial charge in [0.15, 0.2) is 0 Å². The Morgan fingerprint density at radius 1 is 1.40 bits per heavy atom. The lowest BCUT2D eigenvalue weighted by atomic mass is 10.3. The Morgan fingerprint density at radius 3 is 2.70 bits per heavy atom. The molecule has 0 bridgehead atoms. The van der Waals surface area contributed by atoms with Gasteiger partial charge >= 0.3 is 0 Å². The number of aryl methyl sites for hydroxylation is 1. The third kappa shape index (κ3) is 1.97. The van der Waals surface area contributed by atoms with Crippen molar-refractivity contribution in [2.45, 2.75) is 12.8 Å². The van der Waals surface area contributed by atoms with E-state index in [-0.39, 0.29) is 0 Å². The third-order valence-electron chi connectivity index (χ3n) is 1.15. The van der Waals surface area contributed by atoms with Gasteiger partial charge in [0.2, 0.25) is 0 Å². The Balaban J connectivity index is 2.50. The second kappa shape index (κ2) is 3.77. The summed E-state index contributed by atoms with van der Waals surface area (Å²) in [6, 6.07) is 1.80. The van der Waals surface area contributed by atoms with Crippen LogP contribution in [-0.4, -0.2) is 9.97 Å². The number of aromatic nitrogens is 2. The topological polar surface area (TPSA) is 25.8 Å². The maximum absolute atomic E-state index is 5.20. The van der Waals surface area contributed by atoms with Crippen LogP contribution in [-0.2, 0) is 6.42 Å². The monoisotopic (exact) mass is 133 g/mol. The molecule has 0 N–H and O–H groups in total. The van der Waals surface area contributed by atoms with Crippen molar-refractivity contribution in [2.75, 3.05) is 0 Å². The molecule has 2 heteroatoms. The average Bonchev–Trinajstić information content (AvgIpc) is 2.03. The van der Waals surface area contributed by atoms with Gasteiger partial charge in [-0.25, -0.2) is 9.97 Å². The van der Waals surface area contributed by atoms with Gasteiger partial charge in [-0.1, -0.05) is 12.7 Å². The molecule has 1 aromatic heterocycles. The highest BCUT2D eigenvalue weighted by molar-refractivity contribution is 4.89. The van der Waals surface area contributed by atoms with Crippen molar-refractivity contribution in [1.82, 2.24) is 9.97 Å². The first-order chi connectivity index (χ1) is 4.93. The molecule has 1 radical (unpaired) electrons. The van der Waals surface area contributed by atoms with Crippen molar-refractivity contribution < 1.29 is 0 Å². The van der Waals surface area contributed by atoms with E-state index in [1.54, 1.807) is 24.5 Å². The SMILES string of the molecule is [CH]=CCCc1ncccn1. The van der Waals surface area contributed by atoms with Crippen LogP contribution in [0.5, 0.6) is 0 Å². The van der Waals surface area contributed by atoms with E-state index < -0.39 is 0 Å². The van der Waals surface area contributed by atoms with Gasteiger partial charge in [0, 0.05) is 18.8 Å². The molecule has 51 valence electrons. The zero-order valence-corrected chi connectivity index (χ0v) is 5.70. The lowest BCUT2D eigenvalue weighted by molar-refractivity contribution is 0.878. The first-order valence-electron chi connectivity index (χ1n) is 3.23. The van der Waals surface area contributed by atoms with Crippen molar-refractivity contribution in [1.29, 1.82) is 0 Å². The van der Waals surface area contributed by atoms with Crippen LogP contribution >= 0.6 is 0 Å². The second-order valence-electron chi connectivity index (χ2n) is 1.94. The van der Waals surface area contributed by atoms with E-state index >= 15 is 0 Å². The largest absolute Gasteiger partial charge is 0.241 e. The van der Waals surface area contributed by atoms with Crippen molar-refractivity contribution in [3.05, 3.63) is 36.9 Å². The molecular weight excluding hydrogens is 124 g/mol. The molecule has 0 spiro atoms. The summed E-state index contributed by atoms with van der Waals surface area (Å²) >= 11 is 0. The molecule has 0 aromatic carbocycles. The molecule has 0 aliphatic carbocycles. The van der Waals surface area contributed by atoms with Gasteiger partial charge in [0.1, 0.15) is 5.82 Å². The van der Waals surface area contributed by atoms with E-state index in [2.05, 4.69) is 9.97 Å². The third-order valence-corrected chi connectivity index (χ3v) is 1.15. The minimum atomic E-state index is 0.831. The van der Waals surface area contributed by atoms with E-state index in [4.69, 9.17) is 6.58 Å². The highest BCUT2D eigenvalue weighted by Crippen LogP contribution is 1.92. The predicted molar refractivity (Wildman–Crippen MR) is 39.2 cm³/mol. The van der Waals surface area contributed by atoms with Gasteiger partial charge in [-0.2, -0.15) is 0 Å². The number of allylic oxidation sites excluding steroid dienone is 1. The van der Waals surface area contributed by atoms with Gasteiger partial charge in [0.05, 0.1) is 0 Å². The summed E-state index contributed by atoms with van der Waals surface area (Å²) in [4.78, 5) is 8.06. The first kappa shape index (κ1) is 6.93. The number of rotatable bonds is 3. The smallest absolute Gasteiger partial charge is 0.128 e. The number of nitrogens with zero attached hydrogens (tertiary/aromatic N) is 2. The van der Waals surface area contributed by atoms with Crippen molar-refractivity contribution in [3.8, 4) is 0 Å². The van der Waals surface area contributed by atoms with Crippen LogP contribution in [0.25, 0.3) is 0 Å². The molecule has 1 rings (SSSR count). The second-order valence-corrected chi connectivity index (χ2v) is 1.94. The maximum Gasteiger partial charge on any atom is 0.128 e. The maximum atomic E-state index is 5.20. The summed E-state index contributed by atoms with van der Waals surface area (Å²) < 4.78 is 0. The summed E-state index contributed by atoms with van der Waals surface area (Å²) in [5, 5.41) is 0. The van der Waals surface area contributed by atoms with Gasteiger partial charge < -0.3 is 0 Å². The van der Waals surface area contributed by atoms with Crippen LogP contribution in [0.1, 0.15) is 12.2 Å². The number of hydrogen-bond donors (Lipinski definition) is 0. The lowest BCUT2D eigenvalue weighted by Crippen LogP contribution is -1.90. The van der Waals surface area contributed by atoms with E-state index in [9.17, 15) is 0 Å². The molecule has 1 aromatic rings. The minimum Gasteiger partial charge on any atom is -0.241 e. The fraction of sp³-hybridized carbons (Fsp3) is 0.250. The Kier molecular flexibility index (Phi) is 2.62. The molecule has 1 heterocycles. The standard InChI is InChI=1S/C8H9N2/c1-2-3-5-8-9-6-4-7-10-8/h1-2,4,6-7H,3,5H2. The van der Waals surface area contributed by atoms with E-state index in [1.165, 1.54) is 0 Å². The average molecular weight is 133 g/mol. The molecular formula is C8H9N2. The Hall–Kier alpha value is -1.18. The molecule has 0 amide bonds. The van der Waals surface area contributed by atoms with Crippen molar-refractivity contribution in [3.63, 3.8) is 0 Å². The van der Waals surface area contributed by atoms with Crippen LogP contribution in [0.2, 0.25) is 0 Å². The fourth-order valence-electron chi connectivity index (χ4n) is 0.671. The molecule has 10 heavy (non-hydrogen) atoms. The van der Waals surface area contributed by atoms with Gasteiger partial charge in [0.25, 0.3) is 0 Å². The van der Waals surface area contributed by atoms with E-state index in [0.717, 1.165) is 18.7 Å². The van der Waals surface area contributed by atoms with Gasteiger partial charge in [-0.3, -0.25) is 0 Å².